The summed E-state index contributed by atoms with van der Waals surface area (Å²) in [7, 11) is 0. The fourth-order valence-electron chi connectivity index (χ4n) is 1.96. The minimum Gasteiger partial charge on any atom is -0.481 e. The topological polar surface area (TPSA) is 75.6 Å². The number of alkyl carbamates (subject to hydrolysis) is 1. The fraction of sp³-hybridized carbons (Fsp3) is 0.500. The normalized spacial score (nSPS) is 12.6. The summed E-state index contributed by atoms with van der Waals surface area (Å²) in [5, 5.41) is 12.2. The number of hydrogen-bond donors (Lipinski definition) is 2. The molecule has 0 aliphatic carbocycles. The van der Waals surface area contributed by atoms with Gasteiger partial charge in [0.15, 0.2) is 0 Å². The second kappa shape index (κ2) is 8.55. The van der Waals surface area contributed by atoms with Crippen LogP contribution in [0.1, 0.15) is 39.2 Å². The van der Waals surface area contributed by atoms with Gasteiger partial charge in [0.25, 0.3) is 0 Å². The molecule has 5 nitrogen and oxygen atoms in total. The Hall–Kier alpha value is -1.27. The Kier molecular flexibility index (Phi) is 7.35. The van der Waals surface area contributed by atoms with E-state index in [1.54, 1.807) is 26.8 Å². The number of carbonyl (C=O) groups excluding carboxylic acids is 1. The summed E-state index contributed by atoms with van der Waals surface area (Å²) in [6.45, 7) is 5.30. The summed E-state index contributed by atoms with van der Waals surface area (Å²) in [6, 6.07) is 5.04. The van der Waals surface area contributed by atoms with Crippen LogP contribution in [0.25, 0.3) is 0 Å². The Balaban J connectivity index is 2.81. The molecule has 2 N–H and O–H groups in total. The zero-order chi connectivity index (χ0) is 17.6. The van der Waals surface area contributed by atoms with Crippen LogP contribution in [-0.4, -0.2) is 28.8 Å². The summed E-state index contributed by atoms with van der Waals surface area (Å²) in [6.07, 6.45) is 0.0907. The lowest BCUT2D eigenvalue weighted by Crippen LogP contribution is -2.40. The van der Waals surface area contributed by atoms with Gasteiger partial charge in [-0.05, 0) is 57.4 Å². The van der Waals surface area contributed by atoms with Crippen LogP contribution in [0.3, 0.4) is 0 Å². The molecule has 1 atom stereocenters. The van der Waals surface area contributed by atoms with E-state index >= 15 is 0 Å². The molecule has 0 radical (unpaired) electrons. The molecule has 128 valence electrons. The van der Waals surface area contributed by atoms with E-state index in [1.807, 2.05) is 12.1 Å². The van der Waals surface area contributed by atoms with Crippen molar-refractivity contribution in [3.63, 3.8) is 0 Å². The number of aliphatic carboxylic acids is 1. The zero-order valence-electron chi connectivity index (χ0n) is 13.4. The first kappa shape index (κ1) is 19.8. The monoisotopic (exact) mass is 405 g/mol. The van der Waals surface area contributed by atoms with Crippen molar-refractivity contribution < 1.29 is 19.4 Å². The molecule has 0 bridgehead atoms. The van der Waals surface area contributed by atoms with Gasteiger partial charge in [-0.15, -0.1) is 0 Å². The molecule has 0 aliphatic heterocycles. The van der Waals surface area contributed by atoms with Gasteiger partial charge in [-0.2, -0.15) is 0 Å². The third-order valence-electron chi connectivity index (χ3n) is 2.90. The second-order valence-corrected chi connectivity index (χ2v) is 7.54. The number of carboxylic acid groups (broad SMARTS) is 1. The van der Waals surface area contributed by atoms with Gasteiger partial charge in [-0.25, -0.2) is 4.79 Å². The molecule has 0 fully saturated rings. The van der Waals surface area contributed by atoms with Crippen LogP contribution < -0.4 is 5.32 Å². The third kappa shape index (κ3) is 8.23. The lowest BCUT2D eigenvalue weighted by Gasteiger charge is -2.24. The van der Waals surface area contributed by atoms with Crippen LogP contribution in [0.15, 0.2) is 22.7 Å². The zero-order valence-corrected chi connectivity index (χ0v) is 15.7. The maximum atomic E-state index is 11.9. The van der Waals surface area contributed by atoms with Crippen molar-refractivity contribution in [3.05, 3.63) is 33.3 Å². The smallest absolute Gasteiger partial charge is 0.407 e. The van der Waals surface area contributed by atoms with Gasteiger partial charge < -0.3 is 15.2 Å². The van der Waals surface area contributed by atoms with Gasteiger partial charge in [0.05, 0.1) is 0 Å². The van der Waals surface area contributed by atoms with E-state index in [1.165, 1.54) is 0 Å². The van der Waals surface area contributed by atoms with Crippen molar-refractivity contribution in [1.82, 2.24) is 5.32 Å². The summed E-state index contributed by atoms with van der Waals surface area (Å²) < 4.78 is 6.09. The fourth-order valence-corrected chi connectivity index (χ4v) is 2.57. The van der Waals surface area contributed by atoms with Gasteiger partial charge in [0, 0.05) is 22.0 Å². The van der Waals surface area contributed by atoms with E-state index in [0.29, 0.717) is 11.4 Å². The van der Waals surface area contributed by atoms with Gasteiger partial charge in [0.2, 0.25) is 0 Å². The molecule has 0 saturated carbocycles. The van der Waals surface area contributed by atoms with Crippen molar-refractivity contribution in [3.8, 4) is 0 Å². The Morgan fingerprint density at radius 2 is 2.04 bits per heavy atom. The van der Waals surface area contributed by atoms with E-state index < -0.39 is 17.7 Å². The standard InChI is InChI=1S/C16H21BrClNO4/c1-16(2,3)23-15(22)19-12(5-7-14(20)21)9-10-8-11(17)4-6-13(10)18/h4,6,8,12H,5,7,9H2,1-3H3,(H,19,22)(H,20,21). The number of rotatable bonds is 6. The number of nitrogens with one attached hydrogen (secondary N) is 1. The van der Waals surface area contributed by atoms with Crippen LogP contribution in [0.5, 0.6) is 0 Å². The molecule has 0 aromatic heterocycles. The van der Waals surface area contributed by atoms with Crippen LogP contribution in [0, 0.1) is 0 Å². The number of halogens is 2. The van der Waals surface area contributed by atoms with Crippen molar-refractivity contribution in [2.24, 2.45) is 0 Å². The SMILES string of the molecule is CC(C)(C)OC(=O)NC(CCC(=O)O)Cc1cc(Br)ccc1Cl. The maximum Gasteiger partial charge on any atom is 0.407 e. The van der Waals surface area contributed by atoms with Crippen LogP contribution in [0.4, 0.5) is 4.79 Å². The predicted molar refractivity (Wildman–Crippen MR) is 92.9 cm³/mol. The van der Waals surface area contributed by atoms with Crippen molar-refractivity contribution in [2.45, 2.75) is 51.7 Å². The molecule has 1 unspecified atom stereocenters. The average Bonchev–Trinajstić information content (AvgIpc) is 2.38. The molecule has 7 heteroatoms. The maximum absolute atomic E-state index is 11.9. The number of amides is 1. The van der Waals surface area contributed by atoms with Gasteiger partial charge >= 0.3 is 12.1 Å². The van der Waals surface area contributed by atoms with E-state index in [4.69, 9.17) is 21.4 Å². The Morgan fingerprint density at radius 1 is 1.39 bits per heavy atom. The largest absolute Gasteiger partial charge is 0.481 e. The Labute approximate surface area is 149 Å². The Morgan fingerprint density at radius 3 is 2.61 bits per heavy atom. The van der Waals surface area contributed by atoms with E-state index in [2.05, 4.69) is 21.2 Å². The van der Waals surface area contributed by atoms with Crippen molar-refractivity contribution >= 4 is 39.6 Å². The highest BCUT2D eigenvalue weighted by atomic mass is 79.9. The lowest BCUT2D eigenvalue weighted by molar-refractivity contribution is -0.137. The molecule has 1 aromatic carbocycles. The summed E-state index contributed by atoms with van der Waals surface area (Å²) in [5.74, 6) is -0.915. The minimum atomic E-state index is -0.915. The summed E-state index contributed by atoms with van der Waals surface area (Å²) in [5.41, 5.74) is 0.210. The molecular formula is C16H21BrClNO4. The van der Waals surface area contributed by atoms with Crippen LogP contribution in [0.2, 0.25) is 5.02 Å². The number of ether oxygens (including phenoxy) is 1. The predicted octanol–water partition coefficient (Wildman–Crippen LogP) is 4.40. The molecule has 1 amide bonds. The molecule has 0 heterocycles. The molecule has 23 heavy (non-hydrogen) atoms. The first-order valence-electron chi connectivity index (χ1n) is 7.22. The first-order chi connectivity index (χ1) is 10.6. The third-order valence-corrected chi connectivity index (χ3v) is 3.76. The molecule has 1 rings (SSSR count). The lowest BCUT2D eigenvalue weighted by atomic mass is 10.0. The highest BCUT2D eigenvalue weighted by Gasteiger charge is 2.21. The first-order valence-corrected chi connectivity index (χ1v) is 8.39. The summed E-state index contributed by atoms with van der Waals surface area (Å²) in [4.78, 5) is 22.7. The molecule has 1 aromatic rings. The summed E-state index contributed by atoms with van der Waals surface area (Å²) >= 11 is 9.54. The Bertz CT molecular complexity index is 572. The van der Waals surface area contributed by atoms with Gasteiger partial charge in [-0.3, -0.25) is 4.79 Å². The highest BCUT2D eigenvalue weighted by Crippen LogP contribution is 2.23. The van der Waals surface area contributed by atoms with Crippen molar-refractivity contribution in [2.75, 3.05) is 0 Å². The van der Waals surface area contributed by atoms with Crippen molar-refractivity contribution in [1.29, 1.82) is 0 Å². The average molecular weight is 407 g/mol. The number of benzene rings is 1. The van der Waals surface area contributed by atoms with E-state index in [-0.39, 0.29) is 18.9 Å². The molecule has 0 spiro atoms. The number of carboxylic acids is 1. The number of carbonyl (C=O) groups is 2. The van der Waals surface area contributed by atoms with Gasteiger partial charge in [0.1, 0.15) is 5.60 Å². The second-order valence-electron chi connectivity index (χ2n) is 6.22. The van der Waals surface area contributed by atoms with E-state index in [9.17, 15) is 9.59 Å². The molecule has 0 aliphatic rings. The number of hydrogen-bond acceptors (Lipinski definition) is 3. The quantitative estimate of drug-likeness (QED) is 0.734. The van der Waals surface area contributed by atoms with E-state index in [0.717, 1.165) is 10.0 Å². The minimum absolute atomic E-state index is 0.0495. The van der Waals surface area contributed by atoms with Gasteiger partial charge in [-0.1, -0.05) is 27.5 Å². The van der Waals surface area contributed by atoms with Crippen LogP contribution >= 0.6 is 27.5 Å². The molecule has 0 saturated heterocycles. The van der Waals surface area contributed by atoms with Crippen LogP contribution in [-0.2, 0) is 16.0 Å². The highest BCUT2D eigenvalue weighted by molar-refractivity contribution is 9.10. The molecular weight excluding hydrogens is 386 g/mol.